The molecule has 0 aliphatic rings. The van der Waals surface area contributed by atoms with Crippen molar-refractivity contribution >= 4 is 30.3 Å². The number of carboxylic acid groups (broad SMARTS) is 1. The number of nitrogens with zero attached hydrogens (tertiary/aromatic N) is 1. The fraction of sp³-hybridized carbons (Fsp3) is 0.208. The molecule has 0 atom stereocenters. The summed E-state index contributed by atoms with van der Waals surface area (Å²) in [7, 11) is -2.85. The van der Waals surface area contributed by atoms with Crippen LogP contribution in [0, 0.1) is 10.1 Å². The highest BCUT2D eigenvalue weighted by molar-refractivity contribution is 6.99. The molecule has 0 saturated carbocycles. The summed E-state index contributed by atoms with van der Waals surface area (Å²) in [6.45, 7) is 6.43. The number of aromatic carboxylic acids is 1. The number of rotatable bonds is 7. The molecule has 1 N–H and O–H groups in total. The Morgan fingerprint density at radius 3 is 1.90 bits per heavy atom. The van der Waals surface area contributed by atoms with Crippen LogP contribution in [0.15, 0.2) is 78.9 Å². The third-order valence-electron chi connectivity index (χ3n) is 5.40. The van der Waals surface area contributed by atoms with Crippen molar-refractivity contribution < 1.29 is 19.3 Å². The molecule has 0 aliphatic heterocycles. The van der Waals surface area contributed by atoms with E-state index in [9.17, 15) is 20.0 Å². The van der Waals surface area contributed by atoms with Gasteiger partial charge in [0.1, 0.15) is 0 Å². The Bertz CT molecular complexity index is 1040. The monoisotopic (exact) mass is 435 g/mol. The number of nitro benzene ring substituents is 1. The van der Waals surface area contributed by atoms with Gasteiger partial charge in [0.2, 0.25) is 0 Å². The number of carboxylic acids is 1. The van der Waals surface area contributed by atoms with Crippen molar-refractivity contribution in [2.45, 2.75) is 32.4 Å². The SMILES string of the molecule is CC(C)(C)[Si](OCc1ccc([N+](=O)[O-])cc1C(=O)O)(c1ccccc1)c1ccccc1. The second-order valence-corrected chi connectivity index (χ2v) is 12.7. The first-order valence-electron chi connectivity index (χ1n) is 9.92. The van der Waals surface area contributed by atoms with E-state index in [0.29, 0.717) is 5.56 Å². The van der Waals surface area contributed by atoms with Gasteiger partial charge < -0.3 is 9.53 Å². The molecule has 0 aromatic heterocycles. The van der Waals surface area contributed by atoms with E-state index in [1.165, 1.54) is 12.1 Å². The molecule has 160 valence electrons. The summed E-state index contributed by atoms with van der Waals surface area (Å²) < 4.78 is 6.75. The van der Waals surface area contributed by atoms with E-state index in [4.69, 9.17) is 4.43 Å². The van der Waals surface area contributed by atoms with E-state index < -0.39 is 19.2 Å². The summed E-state index contributed by atoms with van der Waals surface area (Å²) in [5.41, 5.74) is 0.0322. The molecule has 0 unspecified atom stereocenters. The topological polar surface area (TPSA) is 89.7 Å². The smallest absolute Gasteiger partial charge is 0.336 e. The second-order valence-electron chi connectivity index (χ2n) is 8.36. The number of hydrogen-bond donors (Lipinski definition) is 1. The van der Waals surface area contributed by atoms with Crippen molar-refractivity contribution in [3.63, 3.8) is 0 Å². The summed E-state index contributed by atoms with van der Waals surface area (Å²) in [4.78, 5) is 22.3. The molecule has 6 nitrogen and oxygen atoms in total. The van der Waals surface area contributed by atoms with Crippen molar-refractivity contribution in [3.05, 3.63) is 100 Å². The molecule has 3 aromatic rings. The molecule has 0 heterocycles. The highest BCUT2D eigenvalue weighted by Crippen LogP contribution is 2.37. The predicted molar refractivity (Wildman–Crippen MR) is 122 cm³/mol. The Balaban J connectivity index is 2.13. The van der Waals surface area contributed by atoms with E-state index >= 15 is 0 Å². The maximum absolute atomic E-state index is 11.8. The lowest BCUT2D eigenvalue weighted by Crippen LogP contribution is -2.66. The van der Waals surface area contributed by atoms with Crippen LogP contribution in [0.4, 0.5) is 5.69 Å². The minimum absolute atomic E-state index is 0.0346. The molecule has 0 spiro atoms. The first-order chi connectivity index (χ1) is 14.7. The number of benzene rings is 3. The van der Waals surface area contributed by atoms with Crippen LogP contribution in [0.3, 0.4) is 0 Å². The van der Waals surface area contributed by atoms with Crippen molar-refractivity contribution in [1.82, 2.24) is 0 Å². The van der Waals surface area contributed by atoms with Gasteiger partial charge in [0, 0.05) is 12.1 Å². The van der Waals surface area contributed by atoms with Gasteiger partial charge in [-0.15, -0.1) is 0 Å². The van der Waals surface area contributed by atoms with Crippen LogP contribution in [0.25, 0.3) is 0 Å². The number of non-ortho nitro benzene ring substituents is 1. The van der Waals surface area contributed by atoms with Crippen molar-refractivity contribution in [3.8, 4) is 0 Å². The van der Waals surface area contributed by atoms with Crippen LogP contribution in [0.1, 0.15) is 36.7 Å². The van der Waals surface area contributed by atoms with Crippen molar-refractivity contribution in [2.24, 2.45) is 0 Å². The summed E-state index contributed by atoms with van der Waals surface area (Å²) in [5.74, 6) is -1.22. The molecule has 3 rings (SSSR count). The number of carbonyl (C=O) groups is 1. The minimum atomic E-state index is -2.85. The van der Waals surface area contributed by atoms with E-state index in [2.05, 4.69) is 45.0 Å². The van der Waals surface area contributed by atoms with Gasteiger partial charge >= 0.3 is 5.97 Å². The zero-order valence-electron chi connectivity index (χ0n) is 17.7. The third-order valence-corrected chi connectivity index (χ3v) is 10.4. The molecular formula is C24H25NO5Si. The maximum atomic E-state index is 11.8. The van der Waals surface area contributed by atoms with Gasteiger partial charge in [0.25, 0.3) is 14.0 Å². The van der Waals surface area contributed by atoms with Gasteiger partial charge in [-0.25, -0.2) is 4.79 Å². The molecule has 0 amide bonds. The summed E-state index contributed by atoms with van der Waals surface area (Å²) >= 11 is 0. The summed E-state index contributed by atoms with van der Waals surface area (Å²) in [6, 6.07) is 23.9. The molecule has 0 bridgehead atoms. The minimum Gasteiger partial charge on any atom is -0.478 e. The highest BCUT2D eigenvalue weighted by atomic mass is 28.4. The summed E-state index contributed by atoms with van der Waals surface area (Å²) in [5, 5.41) is 22.6. The van der Waals surface area contributed by atoms with Crippen LogP contribution in [-0.4, -0.2) is 24.3 Å². The lowest BCUT2D eigenvalue weighted by molar-refractivity contribution is -0.384. The second kappa shape index (κ2) is 8.83. The Labute approximate surface area is 182 Å². The van der Waals surface area contributed by atoms with Crippen LogP contribution in [0.5, 0.6) is 0 Å². The Morgan fingerprint density at radius 2 is 1.48 bits per heavy atom. The highest BCUT2D eigenvalue weighted by Gasteiger charge is 2.50. The van der Waals surface area contributed by atoms with Crippen molar-refractivity contribution in [1.29, 1.82) is 0 Å². The molecule has 0 aliphatic carbocycles. The lowest BCUT2D eigenvalue weighted by atomic mass is 10.1. The Hall–Kier alpha value is -3.29. The molecular weight excluding hydrogens is 410 g/mol. The number of nitro groups is 1. The van der Waals surface area contributed by atoms with E-state index in [0.717, 1.165) is 16.4 Å². The van der Waals surface area contributed by atoms with Gasteiger partial charge in [-0.05, 0) is 27.0 Å². The molecule has 0 saturated heterocycles. The molecule has 31 heavy (non-hydrogen) atoms. The van der Waals surface area contributed by atoms with Crippen LogP contribution in [0.2, 0.25) is 5.04 Å². The number of hydrogen-bond acceptors (Lipinski definition) is 4. The fourth-order valence-corrected chi connectivity index (χ4v) is 8.48. The van der Waals surface area contributed by atoms with Gasteiger partial charge in [0.05, 0.1) is 17.1 Å². The Morgan fingerprint density at radius 1 is 0.968 bits per heavy atom. The summed E-state index contributed by atoms with van der Waals surface area (Å²) in [6.07, 6.45) is 0. The lowest BCUT2D eigenvalue weighted by Gasteiger charge is -2.43. The quantitative estimate of drug-likeness (QED) is 0.338. The standard InChI is InChI=1S/C24H25NO5Si/c1-24(2,3)31(20-10-6-4-7-11-20,21-12-8-5-9-13-21)30-17-18-14-15-19(25(28)29)16-22(18)23(26)27/h4-16H,17H2,1-3H3,(H,26,27). The first-order valence-corrected chi connectivity index (χ1v) is 11.8. The van der Waals surface area contributed by atoms with Crippen LogP contribution >= 0.6 is 0 Å². The average molecular weight is 436 g/mol. The van der Waals surface area contributed by atoms with Crippen molar-refractivity contribution in [2.75, 3.05) is 0 Å². The zero-order chi connectivity index (χ0) is 22.6. The largest absolute Gasteiger partial charge is 0.478 e. The molecule has 0 fully saturated rings. The fourth-order valence-electron chi connectivity index (χ4n) is 3.95. The van der Waals surface area contributed by atoms with E-state index in [-0.39, 0.29) is 22.9 Å². The molecule has 3 aromatic carbocycles. The van der Waals surface area contributed by atoms with E-state index in [1.807, 2.05) is 36.4 Å². The average Bonchev–Trinajstić information content (AvgIpc) is 2.74. The van der Waals surface area contributed by atoms with Gasteiger partial charge in [-0.2, -0.15) is 0 Å². The molecule has 7 heteroatoms. The zero-order valence-corrected chi connectivity index (χ0v) is 18.7. The van der Waals surface area contributed by atoms with Gasteiger partial charge in [-0.3, -0.25) is 10.1 Å². The maximum Gasteiger partial charge on any atom is 0.336 e. The first kappa shape index (κ1) is 22.4. The predicted octanol–water partition coefficient (Wildman–Crippen LogP) is 4.37. The van der Waals surface area contributed by atoms with Crippen LogP contribution < -0.4 is 10.4 Å². The Kier molecular flexibility index (Phi) is 6.38. The van der Waals surface area contributed by atoms with Gasteiger partial charge in [-0.1, -0.05) is 81.4 Å². The third kappa shape index (κ3) is 4.42. The van der Waals surface area contributed by atoms with Gasteiger partial charge in [0.15, 0.2) is 0 Å². The molecule has 0 radical (unpaired) electrons. The normalized spacial score (nSPS) is 11.8. The van der Waals surface area contributed by atoms with Crippen LogP contribution in [-0.2, 0) is 11.0 Å². The van der Waals surface area contributed by atoms with E-state index in [1.54, 1.807) is 0 Å².